The van der Waals surface area contributed by atoms with Gasteiger partial charge >= 0.3 is 6.09 Å². The van der Waals surface area contributed by atoms with E-state index >= 15 is 0 Å². The fraction of sp³-hybridized carbons (Fsp3) is 0.385. The third-order valence-electron chi connectivity index (χ3n) is 3.14. The number of carbonyl (C=O) groups is 2. The van der Waals surface area contributed by atoms with Crippen molar-refractivity contribution in [3.05, 3.63) is 35.6 Å². The van der Waals surface area contributed by atoms with Crippen LogP contribution in [0.2, 0.25) is 0 Å². The van der Waals surface area contributed by atoms with Gasteiger partial charge in [0.05, 0.1) is 12.5 Å². The number of amides is 2. The molecule has 0 radical (unpaired) electrons. The van der Waals surface area contributed by atoms with Gasteiger partial charge < -0.3 is 15.3 Å². The van der Waals surface area contributed by atoms with E-state index in [0.29, 0.717) is 19.5 Å². The fourth-order valence-corrected chi connectivity index (χ4v) is 2.17. The molecule has 0 bridgehead atoms. The fourth-order valence-electron chi connectivity index (χ4n) is 2.17. The number of hydrogen-bond donors (Lipinski definition) is 2. The predicted molar refractivity (Wildman–Crippen MR) is 66.2 cm³/mol. The zero-order valence-corrected chi connectivity index (χ0v) is 10.3. The lowest BCUT2D eigenvalue weighted by Gasteiger charge is -2.16. The molecule has 5 nitrogen and oxygen atoms in total. The summed E-state index contributed by atoms with van der Waals surface area (Å²) in [7, 11) is 0. The van der Waals surface area contributed by atoms with Crippen molar-refractivity contribution in [3.8, 4) is 0 Å². The molecule has 1 aliphatic rings. The summed E-state index contributed by atoms with van der Waals surface area (Å²) < 4.78 is 12.7. The average Bonchev–Trinajstić information content (AvgIpc) is 2.80. The Morgan fingerprint density at radius 1 is 1.37 bits per heavy atom. The summed E-state index contributed by atoms with van der Waals surface area (Å²) in [6, 6.07) is 5.60. The SMILES string of the molecule is O=C(O)N[C@H]1CCN(C(=O)Cc2ccc(F)cc2)C1. The van der Waals surface area contributed by atoms with E-state index < -0.39 is 6.09 Å². The molecule has 1 atom stereocenters. The van der Waals surface area contributed by atoms with Gasteiger partial charge in [0.15, 0.2) is 0 Å². The van der Waals surface area contributed by atoms with Crippen LogP contribution in [0.3, 0.4) is 0 Å². The number of halogens is 1. The smallest absolute Gasteiger partial charge is 0.404 e. The first kappa shape index (κ1) is 13.3. The summed E-state index contributed by atoms with van der Waals surface area (Å²) in [5.41, 5.74) is 0.751. The number of nitrogens with one attached hydrogen (secondary N) is 1. The van der Waals surface area contributed by atoms with Crippen molar-refractivity contribution in [3.63, 3.8) is 0 Å². The number of likely N-dealkylation sites (tertiary alicyclic amines) is 1. The van der Waals surface area contributed by atoms with E-state index in [4.69, 9.17) is 5.11 Å². The standard InChI is InChI=1S/C13H15FN2O3/c14-10-3-1-9(2-4-10)7-12(17)16-6-5-11(8-16)15-13(18)19/h1-4,11,15H,5-8H2,(H,18,19)/t11-/m0/s1. The molecule has 1 heterocycles. The zero-order valence-electron chi connectivity index (χ0n) is 10.3. The molecule has 2 rings (SSSR count). The monoisotopic (exact) mass is 266 g/mol. The van der Waals surface area contributed by atoms with Gasteiger partial charge in [-0.05, 0) is 24.1 Å². The third-order valence-corrected chi connectivity index (χ3v) is 3.14. The molecule has 2 amide bonds. The minimum atomic E-state index is -1.07. The molecule has 1 saturated heterocycles. The van der Waals surface area contributed by atoms with Gasteiger partial charge in [-0.15, -0.1) is 0 Å². The van der Waals surface area contributed by atoms with Crippen LogP contribution in [0, 0.1) is 5.82 Å². The molecule has 1 aromatic rings. The molecule has 0 spiro atoms. The minimum Gasteiger partial charge on any atom is -0.465 e. The molecule has 102 valence electrons. The average molecular weight is 266 g/mol. The first-order chi connectivity index (χ1) is 9.04. The number of benzene rings is 1. The van der Waals surface area contributed by atoms with Crippen molar-refractivity contribution in [2.45, 2.75) is 18.9 Å². The van der Waals surface area contributed by atoms with E-state index in [1.807, 2.05) is 0 Å². The summed E-state index contributed by atoms with van der Waals surface area (Å²) in [5.74, 6) is -0.399. The van der Waals surface area contributed by atoms with Crippen LogP contribution in [0.15, 0.2) is 24.3 Å². The van der Waals surface area contributed by atoms with Crippen LogP contribution in [0.4, 0.5) is 9.18 Å². The molecule has 0 saturated carbocycles. The molecule has 0 aromatic heterocycles. The second-order valence-corrected chi connectivity index (χ2v) is 4.58. The summed E-state index contributed by atoms with van der Waals surface area (Å²) >= 11 is 0. The predicted octanol–water partition coefficient (Wildman–Crippen LogP) is 1.24. The van der Waals surface area contributed by atoms with E-state index in [1.54, 1.807) is 17.0 Å². The third kappa shape index (κ3) is 3.67. The topological polar surface area (TPSA) is 69.6 Å². The highest BCUT2D eigenvalue weighted by Gasteiger charge is 2.26. The molecule has 1 fully saturated rings. The lowest BCUT2D eigenvalue weighted by Crippen LogP contribution is -2.38. The zero-order chi connectivity index (χ0) is 13.8. The van der Waals surface area contributed by atoms with E-state index in [-0.39, 0.29) is 24.2 Å². The van der Waals surface area contributed by atoms with Gasteiger partial charge in [-0.3, -0.25) is 4.79 Å². The van der Waals surface area contributed by atoms with E-state index in [0.717, 1.165) is 5.56 Å². The van der Waals surface area contributed by atoms with Gasteiger partial charge in [0.1, 0.15) is 5.82 Å². The van der Waals surface area contributed by atoms with Gasteiger partial charge in [0, 0.05) is 13.1 Å². The van der Waals surface area contributed by atoms with Gasteiger partial charge in [-0.1, -0.05) is 12.1 Å². The highest BCUT2D eigenvalue weighted by Crippen LogP contribution is 2.12. The Hall–Kier alpha value is -2.11. The number of nitrogens with zero attached hydrogens (tertiary/aromatic N) is 1. The number of carboxylic acid groups (broad SMARTS) is 1. The maximum atomic E-state index is 12.7. The lowest BCUT2D eigenvalue weighted by molar-refractivity contribution is -0.129. The quantitative estimate of drug-likeness (QED) is 0.864. The maximum Gasteiger partial charge on any atom is 0.404 e. The van der Waals surface area contributed by atoms with Crippen molar-refractivity contribution < 1.29 is 19.1 Å². The summed E-state index contributed by atoms with van der Waals surface area (Å²) in [4.78, 5) is 24.1. The van der Waals surface area contributed by atoms with Crippen molar-refractivity contribution >= 4 is 12.0 Å². The first-order valence-electron chi connectivity index (χ1n) is 6.06. The number of carbonyl (C=O) groups excluding carboxylic acids is 1. The Labute approximate surface area is 110 Å². The number of rotatable bonds is 3. The molecule has 19 heavy (non-hydrogen) atoms. The van der Waals surface area contributed by atoms with Gasteiger partial charge in [-0.2, -0.15) is 0 Å². The van der Waals surface area contributed by atoms with Crippen LogP contribution in [0.25, 0.3) is 0 Å². The van der Waals surface area contributed by atoms with Crippen LogP contribution >= 0.6 is 0 Å². The first-order valence-corrected chi connectivity index (χ1v) is 6.06. The van der Waals surface area contributed by atoms with Crippen molar-refractivity contribution in [2.24, 2.45) is 0 Å². The highest BCUT2D eigenvalue weighted by atomic mass is 19.1. The van der Waals surface area contributed by atoms with Crippen LogP contribution < -0.4 is 5.32 Å². The summed E-state index contributed by atoms with van der Waals surface area (Å²) in [5, 5.41) is 11.0. The number of hydrogen-bond acceptors (Lipinski definition) is 2. The van der Waals surface area contributed by atoms with Crippen molar-refractivity contribution in [2.75, 3.05) is 13.1 Å². The second-order valence-electron chi connectivity index (χ2n) is 4.58. The van der Waals surface area contributed by atoms with E-state index in [9.17, 15) is 14.0 Å². The summed E-state index contributed by atoms with van der Waals surface area (Å²) in [6.45, 7) is 0.942. The van der Waals surface area contributed by atoms with Crippen LogP contribution in [0.5, 0.6) is 0 Å². The molecule has 2 N–H and O–H groups in total. The van der Waals surface area contributed by atoms with Gasteiger partial charge in [0.25, 0.3) is 0 Å². The van der Waals surface area contributed by atoms with Gasteiger partial charge in [0.2, 0.25) is 5.91 Å². The molecule has 0 aliphatic carbocycles. The van der Waals surface area contributed by atoms with Gasteiger partial charge in [-0.25, -0.2) is 9.18 Å². The van der Waals surface area contributed by atoms with Crippen LogP contribution in [0.1, 0.15) is 12.0 Å². The lowest BCUT2D eigenvalue weighted by atomic mass is 10.1. The normalized spacial score (nSPS) is 18.4. The molecule has 6 heteroatoms. The largest absolute Gasteiger partial charge is 0.465 e. The van der Waals surface area contributed by atoms with E-state index in [2.05, 4.69) is 5.32 Å². The molecule has 1 aromatic carbocycles. The van der Waals surface area contributed by atoms with Crippen LogP contribution in [-0.4, -0.2) is 41.1 Å². The van der Waals surface area contributed by atoms with Crippen molar-refractivity contribution in [1.82, 2.24) is 10.2 Å². The maximum absolute atomic E-state index is 12.7. The Bertz CT molecular complexity index is 475. The molecule has 1 aliphatic heterocycles. The van der Waals surface area contributed by atoms with Crippen molar-refractivity contribution in [1.29, 1.82) is 0 Å². The Balaban J connectivity index is 1.87. The van der Waals surface area contributed by atoms with E-state index in [1.165, 1.54) is 12.1 Å². The summed E-state index contributed by atoms with van der Waals surface area (Å²) in [6.07, 6.45) is -0.237. The Kier molecular flexibility index (Phi) is 3.99. The molecular formula is C13H15FN2O3. The Morgan fingerprint density at radius 2 is 2.05 bits per heavy atom. The molecule has 0 unspecified atom stereocenters. The molecular weight excluding hydrogens is 251 g/mol. The minimum absolute atomic E-state index is 0.0682. The Morgan fingerprint density at radius 3 is 2.68 bits per heavy atom. The second kappa shape index (κ2) is 5.69. The van der Waals surface area contributed by atoms with Crippen LogP contribution in [-0.2, 0) is 11.2 Å². The highest BCUT2D eigenvalue weighted by molar-refractivity contribution is 5.79.